The SMILES string of the molecule is CC/C=C\C/C=C\C/C=C\C/C=C\CCCCCCCCCCCCCCCCCCCCCCCCC(=O)OCC(COC(=O)CCCCCCC)OC(=O)CCCCCCCCC/C=C\C/C=C\CCCCCC. The third-order valence-electron chi connectivity index (χ3n) is 14.4. The van der Waals surface area contributed by atoms with E-state index in [0.29, 0.717) is 19.3 Å². The van der Waals surface area contributed by atoms with E-state index in [-0.39, 0.29) is 31.1 Å². The number of hydrogen-bond acceptors (Lipinski definition) is 6. The standard InChI is InChI=1S/C70H124O6/c1-4-7-10-13-15-17-19-21-23-25-27-28-29-30-31-32-33-34-35-36-37-38-39-40-41-42-43-45-46-48-50-52-54-57-60-63-69(72)75-66-67(65-74-68(71)62-59-56-12-9-6-3)76-70(73)64-61-58-55-53-51-49-47-44-26-24-22-20-18-16-14-11-8-5-2/h7,10,15,17-18,20-21,23-24,26-28,67H,4-6,8-9,11-14,16,19,22,25,29-66H2,1-3H3/b10-7-,17-15-,20-18-,23-21-,26-24-,28-27-. The second kappa shape index (κ2) is 64.4. The molecule has 0 amide bonds. The van der Waals surface area contributed by atoms with E-state index in [1.54, 1.807) is 0 Å². The summed E-state index contributed by atoms with van der Waals surface area (Å²) >= 11 is 0. The highest BCUT2D eigenvalue weighted by Gasteiger charge is 2.19. The van der Waals surface area contributed by atoms with Gasteiger partial charge >= 0.3 is 17.9 Å². The molecule has 0 aromatic carbocycles. The number of allylic oxidation sites excluding steroid dienone is 12. The first-order chi connectivity index (χ1) is 37.5. The van der Waals surface area contributed by atoms with E-state index in [1.165, 1.54) is 193 Å². The van der Waals surface area contributed by atoms with Crippen molar-refractivity contribution in [1.82, 2.24) is 0 Å². The molecule has 0 fully saturated rings. The fourth-order valence-electron chi connectivity index (χ4n) is 9.53. The third kappa shape index (κ3) is 61.7. The Labute approximate surface area is 472 Å². The minimum absolute atomic E-state index is 0.0742. The number of carbonyl (C=O) groups excluding carboxylic acids is 3. The summed E-state index contributed by atoms with van der Waals surface area (Å²) in [5.74, 6) is -0.881. The smallest absolute Gasteiger partial charge is 0.306 e. The molecule has 6 heteroatoms. The van der Waals surface area contributed by atoms with Gasteiger partial charge in [0.15, 0.2) is 6.10 Å². The van der Waals surface area contributed by atoms with Crippen molar-refractivity contribution in [1.29, 1.82) is 0 Å². The highest BCUT2D eigenvalue weighted by atomic mass is 16.6. The van der Waals surface area contributed by atoms with Gasteiger partial charge < -0.3 is 14.2 Å². The van der Waals surface area contributed by atoms with Crippen LogP contribution in [0.5, 0.6) is 0 Å². The van der Waals surface area contributed by atoms with E-state index in [1.807, 2.05) is 0 Å². The maximum absolute atomic E-state index is 12.8. The molecule has 6 nitrogen and oxygen atoms in total. The molecule has 0 aromatic heterocycles. The molecule has 1 atom stereocenters. The molecule has 0 bridgehead atoms. The summed E-state index contributed by atoms with van der Waals surface area (Å²) in [4.78, 5) is 37.9. The van der Waals surface area contributed by atoms with Gasteiger partial charge in [-0.2, -0.15) is 0 Å². The van der Waals surface area contributed by atoms with Crippen molar-refractivity contribution in [2.24, 2.45) is 0 Å². The van der Waals surface area contributed by atoms with Gasteiger partial charge in [0.05, 0.1) is 0 Å². The van der Waals surface area contributed by atoms with Crippen molar-refractivity contribution in [3.63, 3.8) is 0 Å². The van der Waals surface area contributed by atoms with E-state index in [4.69, 9.17) is 14.2 Å². The fraction of sp³-hybridized carbons (Fsp3) is 0.786. The maximum Gasteiger partial charge on any atom is 0.306 e. The zero-order valence-corrected chi connectivity index (χ0v) is 50.5. The van der Waals surface area contributed by atoms with E-state index in [9.17, 15) is 14.4 Å². The Bertz CT molecular complexity index is 1400. The molecular formula is C70H124O6. The molecule has 0 N–H and O–H groups in total. The molecule has 1 unspecified atom stereocenters. The van der Waals surface area contributed by atoms with Gasteiger partial charge in [-0.3, -0.25) is 14.4 Å². The van der Waals surface area contributed by atoms with Crippen LogP contribution < -0.4 is 0 Å². The van der Waals surface area contributed by atoms with Crippen molar-refractivity contribution in [3.05, 3.63) is 72.9 Å². The molecule has 0 aliphatic carbocycles. The Balaban J connectivity index is 3.90. The van der Waals surface area contributed by atoms with Crippen LogP contribution in [0.2, 0.25) is 0 Å². The average Bonchev–Trinajstić information content (AvgIpc) is 3.42. The first kappa shape index (κ1) is 72.8. The fourth-order valence-corrected chi connectivity index (χ4v) is 9.53. The van der Waals surface area contributed by atoms with Crippen LogP contribution >= 0.6 is 0 Å². The summed E-state index contributed by atoms with van der Waals surface area (Å²) in [6.45, 7) is 6.46. The van der Waals surface area contributed by atoms with Crippen LogP contribution in [0, 0.1) is 0 Å². The number of ether oxygens (including phenoxy) is 3. The van der Waals surface area contributed by atoms with Gasteiger partial charge in [-0.15, -0.1) is 0 Å². The number of esters is 3. The highest BCUT2D eigenvalue weighted by molar-refractivity contribution is 5.71. The first-order valence-electron chi connectivity index (χ1n) is 32.9. The zero-order chi connectivity index (χ0) is 55.0. The quantitative estimate of drug-likeness (QED) is 0.0261. The molecule has 440 valence electrons. The van der Waals surface area contributed by atoms with Crippen LogP contribution in [0.3, 0.4) is 0 Å². The summed E-state index contributed by atoms with van der Waals surface area (Å²) in [7, 11) is 0. The van der Waals surface area contributed by atoms with Gasteiger partial charge in [0.2, 0.25) is 0 Å². The molecule has 0 spiro atoms. The highest BCUT2D eigenvalue weighted by Crippen LogP contribution is 2.17. The van der Waals surface area contributed by atoms with Gasteiger partial charge in [0.25, 0.3) is 0 Å². The number of unbranched alkanes of at least 4 members (excludes halogenated alkanes) is 37. The number of rotatable bonds is 60. The predicted molar refractivity (Wildman–Crippen MR) is 330 cm³/mol. The maximum atomic E-state index is 12.8. The van der Waals surface area contributed by atoms with Crippen molar-refractivity contribution < 1.29 is 28.6 Å². The van der Waals surface area contributed by atoms with Crippen molar-refractivity contribution in [2.45, 2.75) is 341 Å². The van der Waals surface area contributed by atoms with Gasteiger partial charge in [0, 0.05) is 19.3 Å². The monoisotopic (exact) mass is 1060 g/mol. The largest absolute Gasteiger partial charge is 0.462 e. The second-order valence-corrected chi connectivity index (χ2v) is 22.0. The van der Waals surface area contributed by atoms with Crippen molar-refractivity contribution >= 4 is 17.9 Å². The van der Waals surface area contributed by atoms with Gasteiger partial charge in [-0.25, -0.2) is 0 Å². The van der Waals surface area contributed by atoms with Crippen LogP contribution in [-0.2, 0) is 28.6 Å². The average molecular weight is 1060 g/mol. The lowest BCUT2D eigenvalue weighted by molar-refractivity contribution is -0.167. The normalized spacial score (nSPS) is 12.5. The summed E-state index contributed by atoms with van der Waals surface area (Å²) in [5, 5.41) is 0. The van der Waals surface area contributed by atoms with Crippen LogP contribution in [0.25, 0.3) is 0 Å². The lowest BCUT2D eigenvalue weighted by Gasteiger charge is -2.18. The molecular weight excluding hydrogens is 937 g/mol. The van der Waals surface area contributed by atoms with Crippen LogP contribution in [-0.4, -0.2) is 37.2 Å². The summed E-state index contributed by atoms with van der Waals surface area (Å²) in [5.41, 5.74) is 0. The van der Waals surface area contributed by atoms with Gasteiger partial charge in [-0.1, -0.05) is 299 Å². The molecule has 0 aliphatic rings. The van der Waals surface area contributed by atoms with Crippen LogP contribution in [0.15, 0.2) is 72.9 Å². The molecule has 0 aromatic rings. The van der Waals surface area contributed by atoms with Crippen molar-refractivity contribution in [2.75, 3.05) is 13.2 Å². The van der Waals surface area contributed by atoms with Crippen molar-refractivity contribution in [3.8, 4) is 0 Å². The number of hydrogen-bond donors (Lipinski definition) is 0. The minimum Gasteiger partial charge on any atom is -0.462 e. The Kier molecular flexibility index (Phi) is 61.7. The molecule has 0 saturated heterocycles. The minimum atomic E-state index is -0.773. The topological polar surface area (TPSA) is 78.9 Å². The third-order valence-corrected chi connectivity index (χ3v) is 14.4. The Morgan fingerprint density at radius 3 is 0.816 bits per heavy atom. The second-order valence-electron chi connectivity index (χ2n) is 22.0. The number of carbonyl (C=O) groups is 3. The summed E-state index contributed by atoms with van der Waals surface area (Å²) in [6.07, 6.45) is 84.1. The van der Waals surface area contributed by atoms with Crippen LogP contribution in [0.4, 0.5) is 0 Å². The Morgan fingerprint density at radius 1 is 0.276 bits per heavy atom. The first-order valence-corrected chi connectivity index (χ1v) is 32.9. The predicted octanol–water partition coefficient (Wildman–Crippen LogP) is 22.5. The zero-order valence-electron chi connectivity index (χ0n) is 50.5. The molecule has 0 rings (SSSR count). The summed E-state index contributed by atoms with van der Waals surface area (Å²) in [6, 6.07) is 0. The van der Waals surface area contributed by atoms with E-state index >= 15 is 0 Å². The van der Waals surface area contributed by atoms with E-state index < -0.39 is 6.10 Å². The molecule has 76 heavy (non-hydrogen) atoms. The molecule has 0 aliphatic heterocycles. The molecule has 0 heterocycles. The van der Waals surface area contributed by atoms with Gasteiger partial charge in [0.1, 0.15) is 13.2 Å². The van der Waals surface area contributed by atoms with Crippen LogP contribution in [0.1, 0.15) is 335 Å². The summed E-state index contributed by atoms with van der Waals surface area (Å²) < 4.78 is 16.8. The Morgan fingerprint density at radius 2 is 0.513 bits per heavy atom. The lowest BCUT2D eigenvalue weighted by Crippen LogP contribution is -2.30. The lowest BCUT2D eigenvalue weighted by atomic mass is 10.0. The molecule has 0 radical (unpaired) electrons. The Hall–Kier alpha value is -3.15. The molecule has 0 saturated carbocycles. The van der Waals surface area contributed by atoms with Gasteiger partial charge in [-0.05, 0) is 89.9 Å². The van der Waals surface area contributed by atoms with E-state index in [2.05, 4.69) is 93.7 Å². The van der Waals surface area contributed by atoms with E-state index in [0.717, 1.165) is 103 Å².